The van der Waals surface area contributed by atoms with Crippen LogP contribution < -0.4 is 0 Å². The molecule has 1 atom stereocenters. The number of ether oxygens (including phenoxy) is 1. The van der Waals surface area contributed by atoms with Crippen LogP contribution in [0.3, 0.4) is 0 Å². The van der Waals surface area contributed by atoms with Gasteiger partial charge in [0, 0.05) is 5.57 Å². The van der Waals surface area contributed by atoms with Gasteiger partial charge < -0.3 is 4.74 Å². The maximum Gasteiger partial charge on any atom is 0.367 e. The quantitative estimate of drug-likeness (QED) is 0.499. The van der Waals surface area contributed by atoms with Gasteiger partial charge in [-0.15, -0.1) is 0 Å². The van der Waals surface area contributed by atoms with E-state index in [-0.39, 0.29) is 6.10 Å². The second kappa shape index (κ2) is 2.32. The van der Waals surface area contributed by atoms with Crippen molar-refractivity contribution in [2.24, 2.45) is 0 Å². The fourth-order valence-electron chi connectivity index (χ4n) is 1.67. The van der Waals surface area contributed by atoms with Crippen LogP contribution in [-0.4, -0.2) is 12.1 Å². The molecule has 11 heavy (non-hydrogen) atoms. The molecule has 1 fully saturated rings. The van der Waals surface area contributed by atoms with Crippen molar-refractivity contribution in [3.63, 3.8) is 0 Å². The lowest BCUT2D eigenvalue weighted by atomic mass is 9.93. The van der Waals surface area contributed by atoms with Gasteiger partial charge in [0.25, 0.3) is 0 Å². The third-order valence-electron chi connectivity index (χ3n) is 2.26. The van der Waals surface area contributed by atoms with E-state index in [0.717, 1.165) is 19.3 Å². The molecule has 0 aromatic carbocycles. The van der Waals surface area contributed by atoms with Crippen LogP contribution in [0, 0.1) is 0 Å². The second-order valence-electron chi connectivity index (χ2n) is 2.98. The highest BCUT2D eigenvalue weighted by Gasteiger charge is 2.35. The summed E-state index contributed by atoms with van der Waals surface area (Å²) < 4.78 is 17.6. The highest BCUT2D eigenvalue weighted by atomic mass is 19.1. The predicted molar refractivity (Wildman–Crippen MR) is 36.5 cm³/mol. The van der Waals surface area contributed by atoms with Crippen LogP contribution in [0.25, 0.3) is 0 Å². The van der Waals surface area contributed by atoms with Gasteiger partial charge in [0.1, 0.15) is 6.10 Å². The van der Waals surface area contributed by atoms with Gasteiger partial charge in [-0.3, -0.25) is 0 Å². The maximum atomic E-state index is 12.9. The molecular weight excluding hydrogens is 147 g/mol. The molecule has 1 unspecified atom stereocenters. The van der Waals surface area contributed by atoms with Gasteiger partial charge in [-0.2, -0.15) is 4.39 Å². The first-order chi connectivity index (χ1) is 5.29. The number of halogens is 1. The highest BCUT2D eigenvalue weighted by molar-refractivity contribution is 5.89. The Morgan fingerprint density at radius 2 is 2.27 bits per heavy atom. The van der Waals surface area contributed by atoms with Crippen LogP contribution >= 0.6 is 0 Å². The Balaban J connectivity index is 2.28. The Bertz CT molecular complexity index is 232. The summed E-state index contributed by atoms with van der Waals surface area (Å²) in [5.41, 5.74) is 0.598. The highest BCUT2D eigenvalue weighted by Crippen LogP contribution is 2.34. The van der Waals surface area contributed by atoms with Gasteiger partial charge in [-0.05, 0) is 25.7 Å². The third-order valence-corrected chi connectivity index (χ3v) is 2.26. The van der Waals surface area contributed by atoms with Crippen LogP contribution in [0.15, 0.2) is 11.4 Å². The van der Waals surface area contributed by atoms with Gasteiger partial charge in [-0.25, -0.2) is 4.79 Å². The lowest BCUT2D eigenvalue weighted by Crippen LogP contribution is -2.15. The number of carbonyl (C=O) groups excluding carboxylic acids is 1. The van der Waals surface area contributed by atoms with Crippen LogP contribution in [0.2, 0.25) is 0 Å². The van der Waals surface area contributed by atoms with Crippen molar-refractivity contribution < 1.29 is 13.9 Å². The van der Waals surface area contributed by atoms with E-state index in [9.17, 15) is 9.18 Å². The van der Waals surface area contributed by atoms with E-state index in [4.69, 9.17) is 4.74 Å². The van der Waals surface area contributed by atoms with E-state index in [1.54, 1.807) is 0 Å². The van der Waals surface area contributed by atoms with Crippen LogP contribution in [0.1, 0.15) is 25.7 Å². The summed E-state index contributed by atoms with van der Waals surface area (Å²) in [6.07, 6.45) is 3.29. The van der Waals surface area contributed by atoms with Gasteiger partial charge in [0.05, 0.1) is 0 Å². The zero-order valence-electron chi connectivity index (χ0n) is 6.10. The normalized spacial score (nSPS) is 30.3. The standard InChI is InChI=1S/C8H9FO2/c9-7-5-3-1-2-4-6(5)11-8(7)10/h6H,1-4H2. The lowest BCUT2D eigenvalue weighted by molar-refractivity contribution is -0.141. The van der Waals surface area contributed by atoms with Crippen LogP contribution in [0.4, 0.5) is 4.39 Å². The van der Waals surface area contributed by atoms with Crippen molar-refractivity contribution in [1.29, 1.82) is 0 Å². The minimum atomic E-state index is -0.757. The average molecular weight is 156 g/mol. The van der Waals surface area contributed by atoms with Gasteiger partial charge in [-0.1, -0.05) is 0 Å². The number of carbonyl (C=O) groups is 1. The summed E-state index contributed by atoms with van der Waals surface area (Å²) in [6.45, 7) is 0. The molecule has 2 nitrogen and oxygen atoms in total. The molecule has 0 amide bonds. The Kier molecular flexibility index (Phi) is 1.44. The first-order valence-corrected chi connectivity index (χ1v) is 3.88. The van der Waals surface area contributed by atoms with Crippen molar-refractivity contribution >= 4 is 5.97 Å². The molecule has 0 spiro atoms. The summed E-state index contributed by atoms with van der Waals surface area (Å²) in [5, 5.41) is 0. The van der Waals surface area contributed by atoms with Crippen molar-refractivity contribution in [3.8, 4) is 0 Å². The minimum absolute atomic E-state index is 0.226. The number of hydrogen-bond donors (Lipinski definition) is 0. The first-order valence-electron chi connectivity index (χ1n) is 3.88. The molecule has 60 valence electrons. The van der Waals surface area contributed by atoms with Crippen LogP contribution in [0.5, 0.6) is 0 Å². The largest absolute Gasteiger partial charge is 0.452 e. The molecule has 2 aliphatic rings. The van der Waals surface area contributed by atoms with Gasteiger partial charge >= 0.3 is 5.97 Å². The van der Waals surface area contributed by atoms with Crippen LogP contribution in [-0.2, 0) is 9.53 Å². The summed E-state index contributed by atoms with van der Waals surface area (Å²) >= 11 is 0. The molecule has 0 bridgehead atoms. The minimum Gasteiger partial charge on any atom is -0.452 e. The Labute approximate surface area is 64.0 Å². The second-order valence-corrected chi connectivity index (χ2v) is 2.98. The molecular formula is C8H9FO2. The van der Waals surface area contributed by atoms with E-state index in [1.807, 2.05) is 0 Å². The Morgan fingerprint density at radius 3 is 3.00 bits per heavy atom. The van der Waals surface area contributed by atoms with Crippen molar-refractivity contribution in [1.82, 2.24) is 0 Å². The van der Waals surface area contributed by atoms with E-state index in [1.165, 1.54) is 0 Å². The average Bonchev–Trinajstić information content (AvgIpc) is 2.30. The third kappa shape index (κ3) is 0.951. The molecule has 3 heteroatoms. The number of esters is 1. The topological polar surface area (TPSA) is 26.3 Å². The molecule has 0 radical (unpaired) electrons. The SMILES string of the molecule is O=C1OC2CCCCC2=C1F. The number of rotatable bonds is 0. The molecule has 0 aromatic heterocycles. The van der Waals surface area contributed by atoms with Crippen molar-refractivity contribution in [2.45, 2.75) is 31.8 Å². The van der Waals surface area contributed by atoms with E-state index in [0.29, 0.717) is 12.0 Å². The van der Waals surface area contributed by atoms with E-state index in [2.05, 4.69) is 0 Å². The van der Waals surface area contributed by atoms with E-state index >= 15 is 0 Å². The lowest BCUT2D eigenvalue weighted by Gasteiger charge is -2.17. The smallest absolute Gasteiger partial charge is 0.367 e. The molecule has 1 aliphatic heterocycles. The Morgan fingerprint density at radius 1 is 1.45 bits per heavy atom. The molecule has 1 saturated carbocycles. The summed E-state index contributed by atoms with van der Waals surface area (Å²) in [7, 11) is 0. The van der Waals surface area contributed by atoms with Gasteiger partial charge in [0.15, 0.2) is 0 Å². The molecule has 2 rings (SSSR count). The number of fused-ring (bicyclic) bond motifs is 1. The molecule has 0 saturated heterocycles. The summed E-state index contributed by atoms with van der Waals surface area (Å²) in [4.78, 5) is 10.7. The fraction of sp³-hybridized carbons (Fsp3) is 0.625. The zero-order chi connectivity index (χ0) is 7.84. The van der Waals surface area contributed by atoms with Gasteiger partial charge in [0.2, 0.25) is 5.83 Å². The summed E-state index contributed by atoms with van der Waals surface area (Å²) in [5.74, 6) is -1.39. The molecule has 1 heterocycles. The molecule has 0 aromatic rings. The molecule has 0 N–H and O–H groups in total. The van der Waals surface area contributed by atoms with E-state index < -0.39 is 11.8 Å². The first kappa shape index (κ1) is 6.83. The summed E-state index contributed by atoms with van der Waals surface area (Å²) in [6, 6.07) is 0. The maximum absolute atomic E-state index is 12.9. The predicted octanol–water partition coefficient (Wildman–Crippen LogP) is 1.71. The molecule has 1 aliphatic carbocycles. The van der Waals surface area contributed by atoms with Crippen molar-refractivity contribution in [2.75, 3.05) is 0 Å². The van der Waals surface area contributed by atoms with Crippen molar-refractivity contribution in [3.05, 3.63) is 11.4 Å². The monoisotopic (exact) mass is 156 g/mol. The zero-order valence-corrected chi connectivity index (χ0v) is 6.10. The number of hydrogen-bond acceptors (Lipinski definition) is 2. The Hall–Kier alpha value is -0.860. The fourth-order valence-corrected chi connectivity index (χ4v) is 1.67.